The third kappa shape index (κ3) is 6.46. The van der Waals surface area contributed by atoms with E-state index in [0.29, 0.717) is 34.6 Å². The molecule has 1 saturated heterocycles. The van der Waals surface area contributed by atoms with Crippen LogP contribution in [0.2, 0.25) is 15.1 Å². The zero-order chi connectivity index (χ0) is 27.7. The van der Waals surface area contributed by atoms with Gasteiger partial charge in [0.05, 0.1) is 27.5 Å². The highest BCUT2D eigenvalue weighted by Gasteiger charge is 2.36. The van der Waals surface area contributed by atoms with Gasteiger partial charge in [-0.2, -0.15) is 0 Å². The number of carbonyl (C=O) groups is 1. The van der Waals surface area contributed by atoms with Gasteiger partial charge < -0.3 is 20.3 Å². The predicted octanol–water partition coefficient (Wildman–Crippen LogP) is 6.52. The first-order valence-electron chi connectivity index (χ1n) is 13.0. The molecule has 0 bridgehead atoms. The number of rotatable bonds is 10. The molecule has 2 atom stereocenters. The van der Waals surface area contributed by atoms with Crippen molar-refractivity contribution in [1.29, 1.82) is 0 Å². The van der Waals surface area contributed by atoms with Crippen molar-refractivity contribution in [3.8, 4) is 5.75 Å². The molecule has 11 heteroatoms. The molecule has 39 heavy (non-hydrogen) atoms. The van der Waals surface area contributed by atoms with Gasteiger partial charge in [-0.15, -0.1) is 11.3 Å². The number of anilines is 1. The highest BCUT2D eigenvalue weighted by molar-refractivity contribution is 7.15. The van der Waals surface area contributed by atoms with Gasteiger partial charge >= 0.3 is 0 Å². The van der Waals surface area contributed by atoms with Crippen molar-refractivity contribution < 1.29 is 13.9 Å². The molecule has 2 N–H and O–H groups in total. The van der Waals surface area contributed by atoms with Gasteiger partial charge in [0.15, 0.2) is 16.7 Å². The number of ether oxygens (including phenoxy) is 1. The molecular weight excluding hydrogens is 582 g/mol. The maximum Gasteiger partial charge on any atom is 0.227 e. The van der Waals surface area contributed by atoms with Gasteiger partial charge in [-0.25, -0.2) is 9.37 Å². The summed E-state index contributed by atoms with van der Waals surface area (Å²) < 4.78 is 20.3. The molecule has 0 spiro atoms. The van der Waals surface area contributed by atoms with Crippen LogP contribution in [0.15, 0.2) is 36.5 Å². The molecule has 5 rings (SSSR count). The fourth-order valence-electron chi connectivity index (χ4n) is 4.82. The van der Waals surface area contributed by atoms with Crippen molar-refractivity contribution in [3.05, 3.63) is 73.4 Å². The zero-order valence-corrected chi connectivity index (χ0v) is 24.6. The first kappa shape index (κ1) is 28.4. The molecule has 2 aromatic carbocycles. The van der Waals surface area contributed by atoms with Gasteiger partial charge in [-0.1, -0.05) is 53.0 Å². The Morgan fingerprint density at radius 1 is 1.23 bits per heavy atom. The molecule has 1 saturated carbocycles. The summed E-state index contributed by atoms with van der Waals surface area (Å²) in [7, 11) is 0. The Bertz CT molecular complexity index is 1350. The van der Waals surface area contributed by atoms with E-state index in [1.807, 2.05) is 30.2 Å². The normalized spacial score (nSPS) is 17.9. The number of nitrogens with zero attached hydrogens (tertiary/aromatic N) is 3. The third-order valence-electron chi connectivity index (χ3n) is 7.21. The standard InChI is InChI=1S/C28H30Cl3FN4O2S/c1-16-5-8-23(32)26(24(16)30)38-20-9-10-35(15-20)28-34-13-21(39-28)11-18(12-33)27(37)36(19-6-7-19)14-17-3-2-4-22(29)25(17)31/h2-5,8,13,18-20H,6-7,9-12,14-15,33H2,1H3/t18-,20-/m1/s1. The average molecular weight is 612 g/mol. The molecule has 0 unspecified atom stereocenters. The van der Waals surface area contributed by atoms with E-state index >= 15 is 0 Å². The smallest absolute Gasteiger partial charge is 0.227 e. The Morgan fingerprint density at radius 2 is 2.03 bits per heavy atom. The highest BCUT2D eigenvalue weighted by Crippen LogP contribution is 2.36. The Morgan fingerprint density at radius 3 is 2.77 bits per heavy atom. The van der Waals surface area contributed by atoms with E-state index < -0.39 is 5.82 Å². The Hall–Kier alpha value is -2.10. The summed E-state index contributed by atoms with van der Waals surface area (Å²) >= 11 is 20.4. The molecule has 2 heterocycles. The topological polar surface area (TPSA) is 71.7 Å². The zero-order valence-electron chi connectivity index (χ0n) is 21.5. The van der Waals surface area contributed by atoms with Crippen LogP contribution in [0.4, 0.5) is 9.52 Å². The maximum absolute atomic E-state index is 14.3. The fraction of sp³-hybridized carbons (Fsp3) is 0.429. The van der Waals surface area contributed by atoms with E-state index in [-0.39, 0.29) is 36.3 Å². The van der Waals surface area contributed by atoms with Gasteiger partial charge in [0.2, 0.25) is 5.91 Å². The molecule has 3 aromatic rings. The molecule has 1 aromatic heterocycles. The van der Waals surface area contributed by atoms with Crippen molar-refractivity contribution in [2.24, 2.45) is 11.7 Å². The minimum atomic E-state index is -0.462. The van der Waals surface area contributed by atoms with Crippen LogP contribution in [0.1, 0.15) is 35.3 Å². The number of hydrogen-bond donors (Lipinski definition) is 1. The molecule has 1 aliphatic carbocycles. The van der Waals surface area contributed by atoms with Crippen LogP contribution in [-0.4, -0.2) is 47.6 Å². The number of amides is 1. The van der Waals surface area contributed by atoms with Gasteiger partial charge in [-0.05, 0) is 49.4 Å². The molecule has 6 nitrogen and oxygen atoms in total. The quantitative estimate of drug-likeness (QED) is 0.283. The van der Waals surface area contributed by atoms with E-state index in [9.17, 15) is 9.18 Å². The van der Waals surface area contributed by atoms with Crippen LogP contribution in [0.25, 0.3) is 0 Å². The number of carbonyl (C=O) groups excluding carboxylic acids is 1. The van der Waals surface area contributed by atoms with Gasteiger partial charge in [0, 0.05) is 43.2 Å². The minimum Gasteiger partial charge on any atom is -0.484 e. The van der Waals surface area contributed by atoms with Crippen LogP contribution in [0.3, 0.4) is 0 Å². The van der Waals surface area contributed by atoms with Crippen LogP contribution in [-0.2, 0) is 17.8 Å². The minimum absolute atomic E-state index is 0.0256. The second kappa shape index (κ2) is 12.2. The van der Waals surface area contributed by atoms with Crippen molar-refractivity contribution >= 4 is 57.2 Å². The summed E-state index contributed by atoms with van der Waals surface area (Å²) in [6.07, 6.45) is 4.80. The molecule has 0 radical (unpaired) electrons. The first-order valence-corrected chi connectivity index (χ1v) is 14.9. The Balaban J connectivity index is 1.22. The molecular formula is C28H30Cl3FN4O2S. The van der Waals surface area contributed by atoms with Crippen molar-refractivity contribution in [2.75, 3.05) is 24.5 Å². The Labute approximate surface area is 246 Å². The number of thiazole rings is 1. The predicted molar refractivity (Wildman–Crippen MR) is 156 cm³/mol. The second-order valence-corrected chi connectivity index (χ2v) is 12.4. The number of benzene rings is 2. The van der Waals surface area contributed by atoms with Crippen molar-refractivity contribution in [2.45, 2.75) is 51.3 Å². The van der Waals surface area contributed by atoms with Gasteiger partial charge in [0.25, 0.3) is 0 Å². The van der Waals surface area contributed by atoms with E-state index in [2.05, 4.69) is 9.88 Å². The number of aryl methyl sites for hydroxylation is 1. The van der Waals surface area contributed by atoms with Crippen LogP contribution in [0, 0.1) is 18.7 Å². The monoisotopic (exact) mass is 610 g/mol. The number of aromatic nitrogens is 1. The number of hydrogen-bond acceptors (Lipinski definition) is 6. The summed E-state index contributed by atoms with van der Waals surface area (Å²) in [4.78, 5) is 23.2. The number of halogens is 4. The van der Waals surface area contributed by atoms with Crippen LogP contribution < -0.4 is 15.4 Å². The lowest BCUT2D eigenvalue weighted by Gasteiger charge is -2.27. The molecule has 2 aliphatic rings. The lowest BCUT2D eigenvalue weighted by atomic mass is 10.0. The van der Waals surface area contributed by atoms with E-state index in [1.165, 1.54) is 6.07 Å². The summed E-state index contributed by atoms with van der Waals surface area (Å²) in [6.45, 7) is 3.78. The van der Waals surface area contributed by atoms with Crippen molar-refractivity contribution in [1.82, 2.24) is 9.88 Å². The third-order valence-corrected chi connectivity index (χ3v) is 9.62. The Kier molecular flexibility index (Phi) is 8.88. The summed E-state index contributed by atoms with van der Waals surface area (Å²) in [5.74, 6) is -0.696. The SMILES string of the molecule is Cc1ccc(F)c(O[C@@H]2CCN(c3ncc(C[C@H](CN)C(=O)N(Cc4cccc(Cl)c4Cl)C4CC4)s3)C2)c1Cl. The van der Waals surface area contributed by atoms with Crippen LogP contribution in [0.5, 0.6) is 5.75 Å². The van der Waals surface area contributed by atoms with Crippen LogP contribution >= 0.6 is 46.1 Å². The fourth-order valence-corrected chi connectivity index (χ4v) is 6.42. The van der Waals surface area contributed by atoms with E-state index in [1.54, 1.807) is 23.5 Å². The van der Waals surface area contributed by atoms with Crippen molar-refractivity contribution in [3.63, 3.8) is 0 Å². The van der Waals surface area contributed by atoms with E-state index in [4.69, 9.17) is 45.3 Å². The average Bonchev–Trinajstić information content (AvgIpc) is 3.47. The first-order chi connectivity index (χ1) is 18.7. The molecule has 1 amide bonds. The molecule has 2 fully saturated rings. The highest BCUT2D eigenvalue weighted by atomic mass is 35.5. The molecule has 208 valence electrons. The molecule has 1 aliphatic heterocycles. The maximum atomic E-state index is 14.3. The lowest BCUT2D eigenvalue weighted by molar-refractivity contribution is -0.136. The van der Waals surface area contributed by atoms with E-state index in [0.717, 1.165) is 46.9 Å². The van der Waals surface area contributed by atoms with Gasteiger partial charge in [0.1, 0.15) is 6.10 Å². The summed E-state index contributed by atoms with van der Waals surface area (Å²) in [6, 6.07) is 8.70. The summed E-state index contributed by atoms with van der Waals surface area (Å²) in [5, 5.41) is 2.11. The second-order valence-electron chi connectivity index (χ2n) is 10.1. The largest absolute Gasteiger partial charge is 0.484 e. The van der Waals surface area contributed by atoms with Gasteiger partial charge in [-0.3, -0.25) is 4.79 Å². The lowest BCUT2D eigenvalue weighted by Crippen LogP contribution is -2.41. The number of nitrogens with two attached hydrogens (primary N) is 1. The summed E-state index contributed by atoms with van der Waals surface area (Å²) in [5.41, 5.74) is 7.71.